The molecule has 2 unspecified atom stereocenters. The van der Waals surface area contributed by atoms with Gasteiger partial charge in [-0.15, -0.1) is 0 Å². The molecule has 9 heteroatoms. The van der Waals surface area contributed by atoms with Crippen molar-refractivity contribution >= 4 is 29.6 Å². The average Bonchev–Trinajstić information content (AvgIpc) is 2.48. The number of ether oxygens (including phenoxy) is 3. The van der Waals surface area contributed by atoms with Gasteiger partial charge < -0.3 is 19.9 Å². The van der Waals surface area contributed by atoms with Crippen LogP contribution in [0.5, 0.6) is 0 Å². The number of fused-ring (bicyclic) bond motifs is 1. The maximum atomic E-state index is 12.7. The van der Waals surface area contributed by atoms with E-state index in [1.165, 1.54) is 30.7 Å². The number of nitrogens with two attached hydrogens (primary N) is 1. The summed E-state index contributed by atoms with van der Waals surface area (Å²) in [6, 6.07) is -0.708. The molecule has 2 heterocycles. The Labute approximate surface area is 144 Å². The van der Waals surface area contributed by atoms with Crippen LogP contribution in [-0.4, -0.2) is 58.9 Å². The van der Waals surface area contributed by atoms with E-state index in [0.717, 1.165) is 0 Å². The predicted molar refractivity (Wildman–Crippen MR) is 86.5 cm³/mol. The van der Waals surface area contributed by atoms with E-state index in [2.05, 4.69) is 0 Å². The van der Waals surface area contributed by atoms with Crippen LogP contribution in [0, 0.1) is 0 Å². The minimum atomic E-state index is -0.741. The highest BCUT2D eigenvalue weighted by Crippen LogP contribution is 2.44. The number of amides is 1. The standard InChI is InChI=1S/C15H22N2O6S/c1-7(18)22-6-8-10(13(20)23-15(2,3)4)17-11(19)9(16)12(17)24-14(8)21-5/h9,12,14H,6,16H2,1-5H3/t9?,12-,14?/m1/s1. The number of β-lactam (4-membered cyclic amide) rings is 1. The molecule has 0 spiro atoms. The minimum Gasteiger partial charge on any atom is -0.461 e. The van der Waals surface area contributed by atoms with Crippen molar-refractivity contribution < 1.29 is 28.6 Å². The third-order valence-corrected chi connectivity index (χ3v) is 4.92. The van der Waals surface area contributed by atoms with Gasteiger partial charge in [-0.1, -0.05) is 11.8 Å². The van der Waals surface area contributed by atoms with Gasteiger partial charge in [-0.25, -0.2) is 4.79 Å². The molecule has 0 aromatic carbocycles. The summed E-state index contributed by atoms with van der Waals surface area (Å²) in [7, 11) is 1.47. The summed E-state index contributed by atoms with van der Waals surface area (Å²) >= 11 is 1.29. The van der Waals surface area contributed by atoms with E-state index in [1.807, 2.05) is 0 Å². The Bertz CT molecular complexity index is 597. The zero-order chi connectivity index (χ0) is 18.2. The highest BCUT2D eigenvalue weighted by atomic mass is 32.2. The molecule has 2 aliphatic rings. The average molecular weight is 358 g/mol. The monoisotopic (exact) mass is 358 g/mol. The molecular formula is C15H22N2O6S. The lowest BCUT2D eigenvalue weighted by atomic mass is 10.0. The van der Waals surface area contributed by atoms with Crippen LogP contribution < -0.4 is 5.73 Å². The molecule has 0 bridgehead atoms. The molecule has 134 valence electrons. The highest BCUT2D eigenvalue weighted by Gasteiger charge is 2.55. The maximum Gasteiger partial charge on any atom is 0.355 e. The second-order valence-corrected chi connectivity index (χ2v) is 7.67. The van der Waals surface area contributed by atoms with Crippen LogP contribution in [0.1, 0.15) is 27.7 Å². The summed E-state index contributed by atoms with van der Waals surface area (Å²) < 4.78 is 15.8. The van der Waals surface area contributed by atoms with Crippen molar-refractivity contribution in [2.45, 2.75) is 50.1 Å². The molecule has 1 fully saturated rings. The number of thioether (sulfide) groups is 1. The van der Waals surface area contributed by atoms with Crippen molar-refractivity contribution in [1.29, 1.82) is 0 Å². The lowest BCUT2D eigenvalue weighted by Crippen LogP contribution is -2.69. The van der Waals surface area contributed by atoms with Gasteiger partial charge in [0, 0.05) is 19.6 Å². The number of hydrogen-bond donors (Lipinski definition) is 1. The second-order valence-electron chi connectivity index (χ2n) is 6.48. The summed E-state index contributed by atoms with van der Waals surface area (Å²) in [5.74, 6) is -1.54. The molecule has 0 aliphatic carbocycles. The fourth-order valence-corrected chi connectivity index (χ4v) is 3.74. The zero-order valence-electron chi connectivity index (χ0n) is 14.3. The Kier molecular flexibility index (Phi) is 5.26. The van der Waals surface area contributed by atoms with Crippen LogP contribution in [0.15, 0.2) is 11.3 Å². The number of nitrogens with zero attached hydrogens (tertiary/aromatic N) is 1. The van der Waals surface area contributed by atoms with Crippen molar-refractivity contribution in [3.63, 3.8) is 0 Å². The van der Waals surface area contributed by atoms with Gasteiger partial charge in [0.2, 0.25) is 5.91 Å². The normalized spacial score (nSPS) is 26.7. The first-order valence-corrected chi connectivity index (χ1v) is 8.37. The molecule has 2 aliphatic heterocycles. The second kappa shape index (κ2) is 6.73. The van der Waals surface area contributed by atoms with Gasteiger partial charge in [-0.2, -0.15) is 0 Å². The fourth-order valence-electron chi connectivity index (χ4n) is 2.41. The Morgan fingerprint density at radius 3 is 2.46 bits per heavy atom. The maximum absolute atomic E-state index is 12.7. The van der Waals surface area contributed by atoms with Gasteiger partial charge in [0.1, 0.15) is 34.8 Å². The van der Waals surface area contributed by atoms with Gasteiger partial charge in [0.15, 0.2) is 0 Å². The van der Waals surface area contributed by atoms with E-state index in [4.69, 9.17) is 19.9 Å². The first-order valence-electron chi connectivity index (χ1n) is 7.43. The predicted octanol–water partition coefficient (Wildman–Crippen LogP) is 0.360. The van der Waals surface area contributed by atoms with Gasteiger partial charge in [0.05, 0.1) is 0 Å². The number of rotatable bonds is 4. The van der Waals surface area contributed by atoms with Gasteiger partial charge in [-0.3, -0.25) is 14.5 Å². The molecule has 0 radical (unpaired) electrons. The van der Waals surface area contributed by atoms with E-state index in [1.54, 1.807) is 20.8 Å². The van der Waals surface area contributed by atoms with Gasteiger partial charge >= 0.3 is 11.9 Å². The molecule has 8 nitrogen and oxygen atoms in total. The van der Waals surface area contributed by atoms with Crippen LogP contribution in [-0.2, 0) is 28.6 Å². The molecule has 1 amide bonds. The molecule has 1 saturated heterocycles. The lowest BCUT2D eigenvalue weighted by Gasteiger charge is -2.50. The molecule has 2 N–H and O–H groups in total. The van der Waals surface area contributed by atoms with E-state index < -0.39 is 34.4 Å². The number of methoxy groups -OCH3 is 1. The molecule has 0 saturated carbocycles. The quantitative estimate of drug-likeness (QED) is 0.567. The molecular weight excluding hydrogens is 336 g/mol. The Hall–Kier alpha value is -1.58. The van der Waals surface area contributed by atoms with Crippen LogP contribution in [0.4, 0.5) is 0 Å². The van der Waals surface area contributed by atoms with Crippen molar-refractivity contribution in [2.24, 2.45) is 5.73 Å². The van der Waals surface area contributed by atoms with Gasteiger partial charge in [0.25, 0.3) is 0 Å². The number of esters is 2. The van der Waals surface area contributed by atoms with E-state index >= 15 is 0 Å². The number of carbonyl (C=O) groups excluding carboxylic acids is 3. The van der Waals surface area contributed by atoms with E-state index in [-0.39, 0.29) is 18.2 Å². The van der Waals surface area contributed by atoms with Crippen LogP contribution >= 0.6 is 11.8 Å². The summed E-state index contributed by atoms with van der Waals surface area (Å²) in [5.41, 5.74) is 4.95. The fraction of sp³-hybridized carbons (Fsp3) is 0.667. The molecule has 0 aromatic heterocycles. The molecule has 3 atom stereocenters. The Balaban J connectivity index is 2.44. The largest absolute Gasteiger partial charge is 0.461 e. The smallest absolute Gasteiger partial charge is 0.355 e. The van der Waals surface area contributed by atoms with Crippen LogP contribution in [0.25, 0.3) is 0 Å². The van der Waals surface area contributed by atoms with Crippen molar-refractivity contribution in [3.8, 4) is 0 Å². The lowest BCUT2D eigenvalue weighted by molar-refractivity contribution is -0.158. The summed E-state index contributed by atoms with van der Waals surface area (Å²) in [4.78, 5) is 37.3. The first kappa shape index (κ1) is 18.8. The zero-order valence-corrected chi connectivity index (χ0v) is 15.1. The Morgan fingerprint density at radius 2 is 1.96 bits per heavy atom. The molecule has 0 aromatic rings. The summed E-state index contributed by atoms with van der Waals surface area (Å²) in [6.07, 6.45) is 0. The summed E-state index contributed by atoms with van der Waals surface area (Å²) in [6.45, 7) is 6.28. The van der Waals surface area contributed by atoms with E-state index in [9.17, 15) is 14.4 Å². The van der Waals surface area contributed by atoms with Gasteiger partial charge in [-0.05, 0) is 20.8 Å². The topological polar surface area (TPSA) is 108 Å². The SMILES string of the molecule is COC1S[C@@H]2C(N)C(=O)N2C(C(=O)OC(C)(C)C)=C1COC(C)=O. The van der Waals surface area contributed by atoms with Crippen molar-refractivity contribution in [1.82, 2.24) is 4.90 Å². The third kappa shape index (κ3) is 3.57. The van der Waals surface area contributed by atoms with Crippen molar-refractivity contribution in [2.75, 3.05) is 13.7 Å². The van der Waals surface area contributed by atoms with Crippen LogP contribution in [0.3, 0.4) is 0 Å². The first-order chi connectivity index (χ1) is 11.1. The molecule has 24 heavy (non-hydrogen) atoms. The highest BCUT2D eigenvalue weighted by molar-refractivity contribution is 8.00. The number of hydrogen-bond acceptors (Lipinski definition) is 8. The van der Waals surface area contributed by atoms with Crippen LogP contribution in [0.2, 0.25) is 0 Å². The minimum absolute atomic E-state index is 0.0495. The third-order valence-electron chi connectivity index (χ3n) is 3.41. The number of carbonyl (C=O) groups is 3. The van der Waals surface area contributed by atoms with Crippen molar-refractivity contribution in [3.05, 3.63) is 11.3 Å². The molecule has 2 rings (SSSR count). The summed E-state index contributed by atoms with van der Waals surface area (Å²) in [5, 5.41) is -0.411. The van der Waals surface area contributed by atoms with E-state index in [0.29, 0.717) is 5.57 Å². The Morgan fingerprint density at radius 1 is 1.33 bits per heavy atom.